The maximum Gasteiger partial charge on any atom is 0.0786 e. The zero-order valence-electron chi connectivity index (χ0n) is 18.7. The number of quaternary nitrogens is 1. The van der Waals surface area contributed by atoms with Gasteiger partial charge in [-0.3, -0.25) is 0 Å². The van der Waals surface area contributed by atoms with E-state index < -0.39 is 0 Å². The van der Waals surface area contributed by atoms with Crippen molar-refractivity contribution in [3.63, 3.8) is 0 Å². The molecule has 1 nitrogen and oxygen atoms in total. The van der Waals surface area contributed by atoms with Crippen LogP contribution < -0.4 is 12.4 Å². The van der Waals surface area contributed by atoms with E-state index in [1.165, 1.54) is 121 Å². The summed E-state index contributed by atoms with van der Waals surface area (Å²) in [5.74, 6) is 0. The predicted molar refractivity (Wildman–Crippen MR) is 116 cm³/mol. The quantitative estimate of drug-likeness (QED) is 0.168. The standard InChI is InChI=1S/C24H50N.ClH/c1-5-9-10-11-12-13-14-15-16-17-18-19-20-21-22-23-24-25(6-2,7-3)8-4;/h15-16H,5-14,17-24H2,1-4H3;1H/q+1;/p-1/b16-15+;. The smallest absolute Gasteiger partial charge is 0.0786 e. The molecular formula is C24H50ClN. The molecule has 26 heavy (non-hydrogen) atoms. The highest BCUT2D eigenvalue weighted by Gasteiger charge is 2.19. The van der Waals surface area contributed by atoms with Crippen LogP contribution in [0.1, 0.15) is 118 Å². The van der Waals surface area contributed by atoms with Gasteiger partial charge in [-0.25, -0.2) is 0 Å². The van der Waals surface area contributed by atoms with Crippen LogP contribution in [-0.2, 0) is 0 Å². The van der Waals surface area contributed by atoms with Crippen molar-refractivity contribution in [1.29, 1.82) is 0 Å². The first-order valence-corrected chi connectivity index (χ1v) is 11.7. The fourth-order valence-corrected chi connectivity index (χ4v) is 3.84. The molecule has 0 saturated carbocycles. The normalized spacial score (nSPS) is 11.8. The highest BCUT2D eigenvalue weighted by Crippen LogP contribution is 2.13. The third kappa shape index (κ3) is 16.2. The number of unbranched alkanes of at least 4 members (excludes halogenated alkanes) is 12. The van der Waals surface area contributed by atoms with Crippen LogP contribution in [-0.4, -0.2) is 30.7 Å². The number of allylic oxidation sites excluding steroid dienone is 2. The van der Waals surface area contributed by atoms with Gasteiger partial charge in [-0.1, -0.05) is 70.4 Å². The molecule has 0 unspecified atom stereocenters. The third-order valence-electron chi connectivity index (χ3n) is 6.16. The monoisotopic (exact) mass is 387 g/mol. The van der Waals surface area contributed by atoms with E-state index in [-0.39, 0.29) is 12.4 Å². The van der Waals surface area contributed by atoms with Crippen LogP contribution in [0.5, 0.6) is 0 Å². The van der Waals surface area contributed by atoms with Crippen LogP contribution >= 0.6 is 0 Å². The van der Waals surface area contributed by atoms with Crippen molar-refractivity contribution >= 4 is 0 Å². The fourth-order valence-electron chi connectivity index (χ4n) is 3.84. The highest BCUT2D eigenvalue weighted by atomic mass is 35.5. The number of hydrogen-bond acceptors (Lipinski definition) is 0. The maximum absolute atomic E-state index is 2.43. The van der Waals surface area contributed by atoms with Gasteiger partial charge in [-0.15, -0.1) is 0 Å². The Morgan fingerprint density at radius 3 is 1.31 bits per heavy atom. The lowest BCUT2D eigenvalue weighted by Gasteiger charge is -2.35. The Kier molecular flexibility index (Phi) is 23.1. The van der Waals surface area contributed by atoms with E-state index in [2.05, 4.69) is 39.8 Å². The summed E-state index contributed by atoms with van der Waals surface area (Å²) in [6, 6.07) is 0. The number of nitrogens with zero attached hydrogens (tertiary/aromatic N) is 1. The van der Waals surface area contributed by atoms with Crippen molar-refractivity contribution in [2.75, 3.05) is 26.2 Å². The topological polar surface area (TPSA) is 0 Å². The average Bonchev–Trinajstić information content (AvgIpc) is 2.65. The molecule has 0 atom stereocenters. The second-order valence-corrected chi connectivity index (χ2v) is 7.95. The molecule has 0 heterocycles. The lowest BCUT2D eigenvalue weighted by Crippen LogP contribution is -3.00. The van der Waals surface area contributed by atoms with Crippen molar-refractivity contribution in [3.05, 3.63) is 12.2 Å². The maximum atomic E-state index is 2.43. The minimum atomic E-state index is 0. The molecule has 0 aromatic heterocycles. The van der Waals surface area contributed by atoms with Gasteiger partial charge in [0.25, 0.3) is 0 Å². The van der Waals surface area contributed by atoms with Crippen LogP contribution in [0, 0.1) is 0 Å². The minimum Gasteiger partial charge on any atom is -1.00 e. The zero-order chi connectivity index (χ0) is 18.6. The molecule has 0 aliphatic rings. The van der Waals surface area contributed by atoms with Gasteiger partial charge in [-0.2, -0.15) is 0 Å². The molecule has 0 N–H and O–H groups in total. The molecule has 0 aliphatic carbocycles. The van der Waals surface area contributed by atoms with E-state index in [9.17, 15) is 0 Å². The first-order chi connectivity index (χ1) is 12.2. The SMILES string of the molecule is CCCCCCCC/C=C/CCCCCCCC[N+](CC)(CC)CC.[Cl-]. The van der Waals surface area contributed by atoms with Crippen LogP contribution in [0.3, 0.4) is 0 Å². The Labute approximate surface area is 173 Å². The van der Waals surface area contributed by atoms with Gasteiger partial charge in [0.05, 0.1) is 26.2 Å². The van der Waals surface area contributed by atoms with Gasteiger partial charge in [0.2, 0.25) is 0 Å². The van der Waals surface area contributed by atoms with Gasteiger partial charge >= 0.3 is 0 Å². The molecule has 158 valence electrons. The summed E-state index contributed by atoms with van der Waals surface area (Å²) in [6.45, 7) is 14.7. The molecular weight excluding hydrogens is 338 g/mol. The first-order valence-electron chi connectivity index (χ1n) is 11.7. The lowest BCUT2D eigenvalue weighted by atomic mass is 10.1. The molecule has 0 rings (SSSR count). The molecule has 0 amide bonds. The van der Waals surface area contributed by atoms with Crippen molar-refractivity contribution in [1.82, 2.24) is 0 Å². The Morgan fingerprint density at radius 2 is 0.885 bits per heavy atom. The van der Waals surface area contributed by atoms with E-state index >= 15 is 0 Å². The second-order valence-electron chi connectivity index (χ2n) is 7.95. The number of rotatable bonds is 19. The summed E-state index contributed by atoms with van der Waals surface area (Å²) in [5.41, 5.74) is 0. The minimum absolute atomic E-state index is 0. The molecule has 0 aliphatic heterocycles. The van der Waals surface area contributed by atoms with Gasteiger partial charge in [0.1, 0.15) is 0 Å². The molecule has 0 aromatic rings. The Morgan fingerprint density at radius 1 is 0.500 bits per heavy atom. The molecule has 0 saturated heterocycles. The van der Waals surface area contributed by atoms with Crippen molar-refractivity contribution < 1.29 is 16.9 Å². The van der Waals surface area contributed by atoms with Crippen LogP contribution in [0.15, 0.2) is 12.2 Å². The summed E-state index contributed by atoms with van der Waals surface area (Å²) in [6.07, 6.45) is 24.5. The molecule has 0 radical (unpaired) electrons. The van der Waals surface area contributed by atoms with Crippen molar-refractivity contribution in [2.45, 2.75) is 118 Å². The molecule has 2 heteroatoms. The van der Waals surface area contributed by atoms with Crippen LogP contribution in [0.4, 0.5) is 0 Å². The van der Waals surface area contributed by atoms with Crippen molar-refractivity contribution in [2.24, 2.45) is 0 Å². The van der Waals surface area contributed by atoms with Crippen LogP contribution in [0.25, 0.3) is 0 Å². The van der Waals surface area contributed by atoms with Gasteiger partial charge in [-0.05, 0) is 59.3 Å². The van der Waals surface area contributed by atoms with Gasteiger partial charge < -0.3 is 16.9 Å². The lowest BCUT2D eigenvalue weighted by molar-refractivity contribution is -0.923. The molecule has 0 spiro atoms. The summed E-state index contributed by atoms with van der Waals surface area (Å²) in [7, 11) is 0. The van der Waals surface area contributed by atoms with E-state index in [4.69, 9.17) is 0 Å². The average molecular weight is 388 g/mol. The highest BCUT2D eigenvalue weighted by molar-refractivity contribution is 4.81. The summed E-state index contributed by atoms with van der Waals surface area (Å²) in [4.78, 5) is 0. The summed E-state index contributed by atoms with van der Waals surface area (Å²) >= 11 is 0. The summed E-state index contributed by atoms with van der Waals surface area (Å²) < 4.78 is 1.32. The Balaban J connectivity index is 0. The number of halogens is 1. The molecule has 0 fully saturated rings. The summed E-state index contributed by atoms with van der Waals surface area (Å²) in [5, 5.41) is 0. The number of hydrogen-bond donors (Lipinski definition) is 0. The van der Waals surface area contributed by atoms with E-state index in [1.54, 1.807) is 0 Å². The Bertz CT molecular complexity index is 276. The zero-order valence-corrected chi connectivity index (χ0v) is 19.5. The van der Waals surface area contributed by atoms with E-state index in [0.29, 0.717) is 0 Å². The second kappa shape index (κ2) is 21.3. The Hall–Kier alpha value is -0.0100. The fraction of sp³-hybridized carbons (Fsp3) is 0.917. The largest absolute Gasteiger partial charge is 1.00 e. The van der Waals surface area contributed by atoms with E-state index in [0.717, 1.165) is 0 Å². The predicted octanol–water partition coefficient (Wildman–Crippen LogP) is 4.90. The molecule has 0 bridgehead atoms. The van der Waals surface area contributed by atoms with Crippen molar-refractivity contribution in [3.8, 4) is 0 Å². The van der Waals surface area contributed by atoms with Gasteiger partial charge in [0, 0.05) is 0 Å². The third-order valence-corrected chi connectivity index (χ3v) is 6.16. The molecule has 0 aromatic carbocycles. The van der Waals surface area contributed by atoms with Crippen LogP contribution in [0.2, 0.25) is 0 Å². The van der Waals surface area contributed by atoms with E-state index in [1.807, 2.05) is 0 Å². The van der Waals surface area contributed by atoms with Gasteiger partial charge in [0.15, 0.2) is 0 Å². The first kappa shape index (κ1) is 28.2.